The van der Waals surface area contributed by atoms with Gasteiger partial charge in [-0.05, 0) is 91.4 Å². The van der Waals surface area contributed by atoms with Crippen LogP contribution in [0.4, 0.5) is 0 Å². The van der Waals surface area contributed by atoms with Crippen molar-refractivity contribution < 1.29 is 19.1 Å². The molecule has 0 aliphatic rings. The normalized spacial score (nSPS) is 12.7. The Labute approximate surface area is 224 Å². The molecular formula is C32H36N2O4. The number of methoxy groups -OCH3 is 1. The first-order valence-electron chi connectivity index (χ1n) is 12.9. The summed E-state index contributed by atoms with van der Waals surface area (Å²) in [4.78, 5) is 13.0. The van der Waals surface area contributed by atoms with Gasteiger partial charge in [-0.2, -0.15) is 0 Å². The van der Waals surface area contributed by atoms with Gasteiger partial charge in [-0.15, -0.1) is 0 Å². The summed E-state index contributed by atoms with van der Waals surface area (Å²) in [5.74, 6) is 0.942. The first-order valence-corrected chi connectivity index (χ1v) is 12.9. The summed E-state index contributed by atoms with van der Waals surface area (Å²) >= 11 is 0. The van der Waals surface area contributed by atoms with Gasteiger partial charge in [0, 0.05) is 18.2 Å². The molecule has 1 heterocycles. The van der Waals surface area contributed by atoms with E-state index in [9.17, 15) is 9.90 Å². The van der Waals surface area contributed by atoms with Gasteiger partial charge >= 0.3 is 0 Å². The number of benzene rings is 3. The molecule has 6 heteroatoms. The minimum absolute atomic E-state index is 0.0117. The average molecular weight is 513 g/mol. The zero-order chi connectivity index (χ0) is 26.9. The lowest BCUT2D eigenvalue weighted by atomic mass is 9.99. The number of aliphatic hydroxyl groups excluding tert-OH is 1. The molecule has 38 heavy (non-hydrogen) atoms. The number of aliphatic hydroxyl groups is 1. The van der Waals surface area contributed by atoms with E-state index in [0.717, 1.165) is 48.4 Å². The minimum atomic E-state index is -0.924. The molecule has 0 radical (unpaired) electrons. The lowest BCUT2D eigenvalue weighted by Crippen LogP contribution is -2.37. The molecule has 0 saturated heterocycles. The summed E-state index contributed by atoms with van der Waals surface area (Å²) in [7, 11) is 1.67. The van der Waals surface area contributed by atoms with Gasteiger partial charge in [-0.3, -0.25) is 10.1 Å². The Bertz CT molecular complexity index is 1330. The number of hydrogen-bond donors (Lipinski definition) is 3. The van der Waals surface area contributed by atoms with Gasteiger partial charge < -0.3 is 19.6 Å². The van der Waals surface area contributed by atoms with Gasteiger partial charge in [0.15, 0.2) is 5.76 Å². The molecule has 0 amide bonds. The molecule has 0 saturated carbocycles. The number of carbonyl (C=O) groups excluding carboxylic acids is 1. The number of ether oxygens (including phenoxy) is 1. The van der Waals surface area contributed by atoms with Crippen molar-refractivity contribution >= 4 is 5.78 Å². The Morgan fingerprint density at radius 3 is 2.47 bits per heavy atom. The quantitative estimate of drug-likeness (QED) is 0.125. The van der Waals surface area contributed by atoms with E-state index >= 15 is 0 Å². The maximum Gasteiger partial charge on any atom is 0.228 e. The van der Waals surface area contributed by atoms with E-state index in [2.05, 4.69) is 28.8 Å². The predicted molar refractivity (Wildman–Crippen MR) is 149 cm³/mol. The Morgan fingerprint density at radius 1 is 0.947 bits per heavy atom. The number of carbonyl (C=O) groups is 1. The molecule has 0 bridgehead atoms. The molecule has 6 nitrogen and oxygen atoms in total. The molecule has 4 aromatic rings. The summed E-state index contributed by atoms with van der Waals surface area (Å²) in [6.07, 6.45) is 2.21. The van der Waals surface area contributed by atoms with Crippen molar-refractivity contribution in [1.82, 2.24) is 10.6 Å². The highest BCUT2D eigenvalue weighted by atomic mass is 16.5. The van der Waals surface area contributed by atoms with Crippen LogP contribution in [-0.4, -0.2) is 30.6 Å². The second-order valence-corrected chi connectivity index (χ2v) is 9.72. The topological polar surface area (TPSA) is 83.7 Å². The molecule has 0 spiro atoms. The maximum atomic E-state index is 13.0. The van der Waals surface area contributed by atoms with Gasteiger partial charge in [0.05, 0.1) is 13.4 Å². The van der Waals surface area contributed by atoms with Crippen LogP contribution >= 0.6 is 0 Å². The first-order chi connectivity index (χ1) is 18.4. The van der Waals surface area contributed by atoms with E-state index in [1.54, 1.807) is 25.5 Å². The highest BCUT2D eigenvalue weighted by Crippen LogP contribution is 2.21. The number of rotatable bonds is 13. The fourth-order valence-corrected chi connectivity index (χ4v) is 4.55. The molecule has 3 N–H and O–H groups in total. The van der Waals surface area contributed by atoms with Crippen molar-refractivity contribution in [3.05, 3.63) is 124 Å². The average Bonchev–Trinajstić information content (AvgIpc) is 3.37. The van der Waals surface area contributed by atoms with E-state index in [1.165, 1.54) is 5.56 Å². The molecule has 0 fully saturated rings. The van der Waals surface area contributed by atoms with Gasteiger partial charge in [-0.25, -0.2) is 0 Å². The van der Waals surface area contributed by atoms with Crippen LogP contribution in [0, 0.1) is 13.8 Å². The zero-order valence-electron chi connectivity index (χ0n) is 22.2. The van der Waals surface area contributed by atoms with E-state index in [1.807, 2.05) is 62.4 Å². The third kappa shape index (κ3) is 7.65. The Balaban J connectivity index is 1.43. The van der Waals surface area contributed by atoms with Crippen LogP contribution < -0.4 is 15.4 Å². The van der Waals surface area contributed by atoms with Gasteiger partial charge in [0.25, 0.3) is 0 Å². The summed E-state index contributed by atoms with van der Waals surface area (Å²) in [6, 6.07) is 25.5. The highest BCUT2D eigenvalue weighted by molar-refractivity contribution is 6.07. The standard InChI is InChI=1S/C32H36N2O4/c1-22-14-26(31(35)30-16-23(2)21-38-30)19-27(15-22)32(36)34-28(17-24-8-5-4-6-9-24)12-13-33-20-25-10-7-11-29(18-25)37-3/h4-11,14-16,18-19,21,28,32-34,36H,12-13,17,20H2,1-3H3/t28-,32?/m1/s1. The van der Waals surface area contributed by atoms with Crippen molar-refractivity contribution in [3.63, 3.8) is 0 Å². The maximum absolute atomic E-state index is 13.0. The summed E-state index contributed by atoms with van der Waals surface area (Å²) in [5.41, 5.74) is 5.29. The van der Waals surface area contributed by atoms with E-state index in [4.69, 9.17) is 9.15 Å². The number of hydrogen-bond acceptors (Lipinski definition) is 6. The van der Waals surface area contributed by atoms with Gasteiger partial charge in [0.1, 0.15) is 12.0 Å². The smallest absolute Gasteiger partial charge is 0.228 e. The van der Waals surface area contributed by atoms with Crippen molar-refractivity contribution in [2.45, 2.75) is 45.5 Å². The second kappa shape index (κ2) is 13.2. The minimum Gasteiger partial charge on any atom is -0.497 e. The lowest BCUT2D eigenvalue weighted by molar-refractivity contribution is 0.101. The first kappa shape index (κ1) is 27.3. The van der Waals surface area contributed by atoms with E-state index in [0.29, 0.717) is 16.9 Å². The van der Waals surface area contributed by atoms with Crippen molar-refractivity contribution in [2.24, 2.45) is 0 Å². The predicted octanol–water partition coefficient (Wildman–Crippen LogP) is 5.51. The molecule has 1 unspecified atom stereocenters. The zero-order valence-corrected chi connectivity index (χ0v) is 22.2. The third-order valence-corrected chi connectivity index (χ3v) is 6.48. The molecule has 0 aliphatic heterocycles. The molecule has 1 aromatic heterocycles. The summed E-state index contributed by atoms with van der Waals surface area (Å²) in [5, 5.41) is 18.1. The Kier molecular flexibility index (Phi) is 9.49. The number of furan rings is 1. The number of ketones is 1. The van der Waals surface area contributed by atoms with Crippen LogP contribution in [0.5, 0.6) is 5.75 Å². The molecular weight excluding hydrogens is 476 g/mol. The molecule has 2 atom stereocenters. The van der Waals surface area contributed by atoms with Crippen LogP contribution in [-0.2, 0) is 13.0 Å². The largest absolute Gasteiger partial charge is 0.497 e. The fourth-order valence-electron chi connectivity index (χ4n) is 4.55. The Morgan fingerprint density at radius 2 is 1.74 bits per heavy atom. The van der Waals surface area contributed by atoms with Gasteiger partial charge in [0.2, 0.25) is 5.78 Å². The number of nitrogens with one attached hydrogen (secondary N) is 2. The molecule has 4 rings (SSSR count). The van der Waals surface area contributed by atoms with Crippen molar-refractivity contribution in [2.75, 3.05) is 13.7 Å². The van der Waals surface area contributed by atoms with E-state index < -0.39 is 6.23 Å². The number of aryl methyl sites for hydroxylation is 2. The lowest BCUT2D eigenvalue weighted by Gasteiger charge is -2.24. The SMILES string of the molecule is COc1cccc(CNCC[C@H](Cc2ccccc2)NC(O)c2cc(C)cc(C(=O)c3cc(C)co3)c2)c1. The molecule has 198 valence electrons. The van der Waals surface area contributed by atoms with Crippen molar-refractivity contribution in [3.8, 4) is 5.75 Å². The van der Waals surface area contributed by atoms with E-state index in [-0.39, 0.29) is 11.8 Å². The van der Waals surface area contributed by atoms with Crippen LogP contribution in [0.2, 0.25) is 0 Å². The monoisotopic (exact) mass is 512 g/mol. The van der Waals surface area contributed by atoms with Crippen LogP contribution in [0.1, 0.15) is 56.6 Å². The fraction of sp³-hybridized carbons (Fsp3) is 0.281. The molecule has 3 aromatic carbocycles. The molecule has 0 aliphatic carbocycles. The summed E-state index contributed by atoms with van der Waals surface area (Å²) < 4.78 is 10.7. The van der Waals surface area contributed by atoms with Crippen molar-refractivity contribution in [1.29, 1.82) is 0 Å². The second-order valence-electron chi connectivity index (χ2n) is 9.72. The highest BCUT2D eigenvalue weighted by Gasteiger charge is 2.19. The third-order valence-electron chi connectivity index (χ3n) is 6.48. The van der Waals surface area contributed by atoms with Gasteiger partial charge in [-0.1, -0.05) is 48.5 Å². The van der Waals surface area contributed by atoms with Crippen LogP contribution in [0.15, 0.2) is 89.5 Å². The Hall–Kier alpha value is -3.71. The summed E-state index contributed by atoms with van der Waals surface area (Å²) in [6.45, 7) is 5.30. The van der Waals surface area contributed by atoms with Crippen LogP contribution in [0.25, 0.3) is 0 Å². The van der Waals surface area contributed by atoms with Crippen LogP contribution in [0.3, 0.4) is 0 Å².